The summed E-state index contributed by atoms with van der Waals surface area (Å²) < 4.78 is 1.41. The summed E-state index contributed by atoms with van der Waals surface area (Å²) in [5.74, 6) is 0. The molecule has 2 rings (SSSR count). The van der Waals surface area contributed by atoms with Crippen molar-refractivity contribution in [1.82, 2.24) is 4.90 Å². The van der Waals surface area contributed by atoms with Crippen molar-refractivity contribution >= 4 is 36.9 Å². The van der Waals surface area contributed by atoms with E-state index in [9.17, 15) is 0 Å². The maximum absolute atomic E-state index is 2.24. The van der Waals surface area contributed by atoms with Gasteiger partial charge in [0.15, 0.2) is 0 Å². The molecule has 1 nitrogen and oxygen atoms in total. The van der Waals surface area contributed by atoms with Crippen LogP contribution in [0.2, 0.25) is 0 Å². The molecule has 0 aromatic heterocycles. The van der Waals surface area contributed by atoms with E-state index in [0.717, 1.165) is 0 Å². The number of rotatable bonds is 0. The normalized spacial score (nSPS) is 9.93. The number of benzene rings is 2. The minimum atomic E-state index is 1.33. The van der Waals surface area contributed by atoms with E-state index in [1.807, 2.05) is 26.0 Å². The van der Waals surface area contributed by atoms with Crippen molar-refractivity contribution in [3.8, 4) is 0 Å². The van der Waals surface area contributed by atoms with Gasteiger partial charge in [-0.05, 0) is 21.1 Å². The van der Waals surface area contributed by atoms with Gasteiger partial charge in [-0.3, -0.25) is 0 Å². The van der Waals surface area contributed by atoms with Crippen LogP contribution in [0.5, 0.6) is 0 Å². The molecule has 0 N–H and O–H groups in total. The third kappa shape index (κ3) is 4.67. The van der Waals surface area contributed by atoms with Crippen molar-refractivity contribution in [1.29, 1.82) is 0 Å². The summed E-state index contributed by atoms with van der Waals surface area (Å²) in [7, 11) is 6.00. The maximum atomic E-state index is 2.24. The zero-order chi connectivity index (χ0) is 11.3. The molecular formula is C13H16NSn. The summed E-state index contributed by atoms with van der Waals surface area (Å²) in [5, 5.41) is 2.68. The molecule has 0 saturated carbocycles. The first-order valence-electron chi connectivity index (χ1n) is 4.91. The van der Waals surface area contributed by atoms with Crippen LogP contribution in [0.25, 0.3) is 10.8 Å². The summed E-state index contributed by atoms with van der Waals surface area (Å²) in [6.07, 6.45) is 0. The Kier molecular flexibility index (Phi) is 5.12. The molecule has 0 spiro atoms. The van der Waals surface area contributed by atoms with E-state index in [1.165, 1.54) is 36.9 Å². The van der Waals surface area contributed by atoms with Crippen LogP contribution < -0.4 is 3.58 Å². The molecule has 0 fully saturated rings. The van der Waals surface area contributed by atoms with Gasteiger partial charge in [-0.2, -0.15) is 0 Å². The monoisotopic (exact) mass is 306 g/mol. The van der Waals surface area contributed by atoms with Crippen molar-refractivity contribution in [3.05, 3.63) is 42.5 Å². The van der Waals surface area contributed by atoms with Gasteiger partial charge in [0.1, 0.15) is 0 Å². The van der Waals surface area contributed by atoms with Gasteiger partial charge in [-0.15, -0.1) is 0 Å². The summed E-state index contributed by atoms with van der Waals surface area (Å²) in [6.45, 7) is 0. The fraction of sp³-hybridized carbons (Fsp3) is 0.231. The topological polar surface area (TPSA) is 3.24 Å². The van der Waals surface area contributed by atoms with E-state index in [1.54, 1.807) is 0 Å². The molecule has 0 bridgehead atoms. The second-order valence-electron chi connectivity index (χ2n) is 3.90. The Hall–Kier alpha value is -0.541. The molecule has 2 heteroatoms. The van der Waals surface area contributed by atoms with Crippen LogP contribution in [0.3, 0.4) is 0 Å². The third-order valence-electron chi connectivity index (χ3n) is 1.75. The van der Waals surface area contributed by atoms with E-state index in [0.29, 0.717) is 0 Å². The fourth-order valence-corrected chi connectivity index (χ4v) is 1.87. The number of fused-ring (bicyclic) bond motifs is 1. The van der Waals surface area contributed by atoms with Crippen molar-refractivity contribution < 1.29 is 0 Å². The van der Waals surface area contributed by atoms with Crippen LogP contribution in [0.15, 0.2) is 42.5 Å². The molecule has 3 radical (unpaired) electrons. The van der Waals surface area contributed by atoms with Crippen molar-refractivity contribution in [3.63, 3.8) is 0 Å². The number of hydrogen-bond donors (Lipinski definition) is 0. The zero-order valence-electron chi connectivity index (χ0n) is 9.49. The average Bonchev–Trinajstić information content (AvgIpc) is 2.16. The van der Waals surface area contributed by atoms with Crippen molar-refractivity contribution in [2.45, 2.75) is 0 Å². The standard InChI is InChI=1S/C10H7.C3H9N.Sn/c1-2-6-10-8-4-3-7-9(10)5-1;1-4(2)3;/h1-3,5-8H;1-3H3;. The zero-order valence-corrected chi connectivity index (χ0v) is 12.3. The Morgan fingerprint density at radius 2 is 1.40 bits per heavy atom. The Bertz CT molecular complexity index is 421. The molecule has 77 valence electrons. The number of hydrogen-bond acceptors (Lipinski definition) is 1. The SMILES string of the molecule is CN(C)C.[Sn][c]1ccc2ccccc2c1. The van der Waals surface area contributed by atoms with E-state index in [4.69, 9.17) is 0 Å². The second kappa shape index (κ2) is 6.13. The van der Waals surface area contributed by atoms with Crippen LogP contribution in [0, 0.1) is 0 Å². The molecule has 0 aliphatic rings. The van der Waals surface area contributed by atoms with Crippen LogP contribution in [0.4, 0.5) is 0 Å². The van der Waals surface area contributed by atoms with Gasteiger partial charge < -0.3 is 4.90 Å². The van der Waals surface area contributed by atoms with Crippen LogP contribution in [0.1, 0.15) is 0 Å². The van der Waals surface area contributed by atoms with Gasteiger partial charge in [0.2, 0.25) is 0 Å². The third-order valence-corrected chi connectivity index (χ3v) is 2.64. The van der Waals surface area contributed by atoms with Gasteiger partial charge >= 0.3 is 79.3 Å². The summed E-state index contributed by atoms with van der Waals surface area (Å²) in [6, 6.07) is 15.1. The first-order valence-corrected chi connectivity index (χ1v) is 6.33. The summed E-state index contributed by atoms with van der Waals surface area (Å²) >= 11 is 1.49. The molecular weight excluding hydrogens is 289 g/mol. The van der Waals surface area contributed by atoms with Crippen LogP contribution >= 0.6 is 0 Å². The minimum absolute atomic E-state index is 1.33. The average molecular weight is 305 g/mol. The first kappa shape index (κ1) is 12.5. The van der Waals surface area contributed by atoms with Crippen LogP contribution in [-0.4, -0.2) is 48.6 Å². The molecule has 15 heavy (non-hydrogen) atoms. The molecule has 2 aromatic rings. The molecule has 0 amide bonds. The number of nitrogens with zero attached hydrogens (tertiary/aromatic N) is 1. The molecule has 0 saturated heterocycles. The van der Waals surface area contributed by atoms with Gasteiger partial charge in [0.25, 0.3) is 0 Å². The molecule has 0 aliphatic heterocycles. The van der Waals surface area contributed by atoms with E-state index >= 15 is 0 Å². The molecule has 0 unspecified atom stereocenters. The van der Waals surface area contributed by atoms with Crippen LogP contribution in [-0.2, 0) is 0 Å². The Labute approximate surface area is 105 Å². The Balaban J connectivity index is 0.000000245. The molecule has 0 aliphatic carbocycles. The predicted molar refractivity (Wildman–Crippen MR) is 68.9 cm³/mol. The quantitative estimate of drug-likeness (QED) is 0.671. The summed E-state index contributed by atoms with van der Waals surface area (Å²) in [5.41, 5.74) is 0. The van der Waals surface area contributed by atoms with E-state index < -0.39 is 0 Å². The van der Waals surface area contributed by atoms with Gasteiger partial charge in [-0.25, -0.2) is 0 Å². The summed E-state index contributed by atoms with van der Waals surface area (Å²) in [4.78, 5) is 2.00. The van der Waals surface area contributed by atoms with Gasteiger partial charge in [0, 0.05) is 0 Å². The first-order chi connectivity index (χ1) is 7.09. The van der Waals surface area contributed by atoms with Crippen molar-refractivity contribution in [2.75, 3.05) is 21.1 Å². The predicted octanol–water partition coefficient (Wildman–Crippen LogP) is 1.81. The Morgan fingerprint density at radius 3 is 2.00 bits per heavy atom. The van der Waals surface area contributed by atoms with Gasteiger partial charge in [-0.1, -0.05) is 0 Å². The molecule has 2 aromatic carbocycles. The molecule has 0 heterocycles. The van der Waals surface area contributed by atoms with E-state index in [2.05, 4.69) is 42.5 Å². The van der Waals surface area contributed by atoms with Gasteiger partial charge in [0.05, 0.1) is 0 Å². The van der Waals surface area contributed by atoms with E-state index in [-0.39, 0.29) is 0 Å². The second-order valence-corrected chi connectivity index (χ2v) is 5.55. The Morgan fingerprint density at radius 1 is 0.867 bits per heavy atom. The fourth-order valence-electron chi connectivity index (χ4n) is 1.19. The van der Waals surface area contributed by atoms with Crippen molar-refractivity contribution in [2.24, 2.45) is 0 Å². The molecule has 0 atom stereocenters.